The predicted molar refractivity (Wildman–Crippen MR) is 164 cm³/mol. The first-order valence-electron chi connectivity index (χ1n) is 13.0. The average molecular weight is 581 g/mol. The number of amides is 2. The van der Waals surface area contributed by atoms with E-state index in [1.54, 1.807) is 12.1 Å². The minimum atomic E-state index is -3.58. The quantitative estimate of drug-likeness (QED) is 0.292. The number of para-hydroxylation sites is 2. The third-order valence-corrected chi connectivity index (χ3v) is 7.00. The van der Waals surface area contributed by atoms with Crippen LogP contribution in [-0.4, -0.2) is 50.2 Å². The number of nitrogens with one attached hydrogen (secondary N) is 3. The second kappa shape index (κ2) is 12.3. The van der Waals surface area contributed by atoms with Crippen LogP contribution in [0.1, 0.15) is 22.3 Å². The number of benzene rings is 4. The Morgan fingerprint density at radius 2 is 1.07 bits per heavy atom. The smallest absolute Gasteiger partial charge is 0.264 e. The second-order valence-corrected chi connectivity index (χ2v) is 11.3. The van der Waals surface area contributed by atoms with Crippen molar-refractivity contribution in [3.8, 4) is 0 Å². The molecule has 0 aromatic heterocycles. The topological polar surface area (TPSA) is 155 Å². The Bertz CT molecular complexity index is 1790. The fraction of sp³-hybridized carbons (Fsp3) is 0.0968. The fourth-order valence-corrected chi connectivity index (χ4v) is 5.03. The highest BCUT2D eigenvalue weighted by Gasteiger charge is 2.27. The number of hydrogen-bond donors (Lipinski definition) is 4. The van der Waals surface area contributed by atoms with Crippen LogP contribution in [0.15, 0.2) is 119 Å². The van der Waals surface area contributed by atoms with E-state index < -0.39 is 28.3 Å². The molecule has 4 aromatic rings. The van der Waals surface area contributed by atoms with E-state index in [9.17, 15) is 18.0 Å². The van der Waals surface area contributed by atoms with E-state index in [-0.39, 0.29) is 5.91 Å². The number of anilines is 2. The van der Waals surface area contributed by atoms with E-state index in [2.05, 4.69) is 25.3 Å². The van der Waals surface area contributed by atoms with Crippen LogP contribution in [-0.2, 0) is 19.6 Å². The van der Waals surface area contributed by atoms with Gasteiger partial charge in [-0.1, -0.05) is 97.1 Å². The Labute approximate surface area is 243 Å². The zero-order valence-corrected chi connectivity index (χ0v) is 23.4. The maximum absolute atomic E-state index is 12.3. The van der Waals surface area contributed by atoms with Crippen molar-refractivity contribution in [2.45, 2.75) is 12.3 Å². The Kier molecular flexibility index (Phi) is 8.34. The van der Waals surface area contributed by atoms with E-state index in [0.29, 0.717) is 11.4 Å². The molecule has 4 aromatic carbocycles. The van der Waals surface area contributed by atoms with Crippen LogP contribution >= 0.6 is 0 Å². The van der Waals surface area contributed by atoms with Crippen LogP contribution in [0.3, 0.4) is 0 Å². The van der Waals surface area contributed by atoms with Crippen molar-refractivity contribution in [1.29, 1.82) is 0 Å². The van der Waals surface area contributed by atoms with Crippen LogP contribution in [0, 0.1) is 0 Å². The average Bonchev–Trinajstić information content (AvgIpc) is 3.20. The largest absolute Gasteiger partial charge is 0.322 e. The second-order valence-electron chi connectivity index (χ2n) is 9.49. The number of sulfonamides is 1. The minimum Gasteiger partial charge on any atom is -0.322 e. The summed E-state index contributed by atoms with van der Waals surface area (Å²) in [5.74, 6) is -0.813. The molecule has 0 fully saturated rings. The zero-order valence-electron chi connectivity index (χ0n) is 22.6. The zero-order chi connectivity index (χ0) is 29.7. The lowest BCUT2D eigenvalue weighted by molar-refractivity contribution is -0.118. The molecule has 10 nitrogen and oxygen atoms in total. The van der Waals surface area contributed by atoms with Gasteiger partial charge in [0.2, 0.25) is 10.0 Å². The molecular weight excluding hydrogens is 552 g/mol. The molecule has 2 amide bonds. The van der Waals surface area contributed by atoms with Crippen LogP contribution in [0.5, 0.6) is 0 Å². The maximum atomic E-state index is 12.3. The molecule has 2 atom stereocenters. The molecule has 0 radical (unpaired) electrons. The minimum absolute atomic E-state index is 0.293. The number of rotatable bonds is 4. The summed E-state index contributed by atoms with van der Waals surface area (Å²) >= 11 is 0. The van der Waals surface area contributed by atoms with E-state index in [1.807, 2.05) is 97.1 Å². The number of nitrogens with zero attached hydrogens (tertiary/aromatic N) is 2. The molecule has 0 saturated heterocycles. The van der Waals surface area contributed by atoms with Crippen molar-refractivity contribution in [3.05, 3.63) is 131 Å². The fourth-order valence-electron chi connectivity index (χ4n) is 4.46. The van der Waals surface area contributed by atoms with Gasteiger partial charge in [-0.05, 0) is 12.1 Å². The molecule has 0 spiro atoms. The summed E-state index contributed by atoms with van der Waals surface area (Å²) in [5.41, 5.74) is 11.8. The first-order chi connectivity index (χ1) is 20.2. The molecule has 42 heavy (non-hydrogen) atoms. The SMILES string of the molecule is CS(=O)(=O)NC1N=C(c2ccccc2)c2ccccc2NC1=O.NC1N=C(c2ccccc2)c2ccccc2NC1=O. The molecule has 6 rings (SSSR count). The van der Waals surface area contributed by atoms with Gasteiger partial charge in [0, 0.05) is 22.3 Å². The molecule has 0 aliphatic carbocycles. The van der Waals surface area contributed by atoms with Crippen LogP contribution in [0.25, 0.3) is 0 Å². The normalized spacial score (nSPS) is 17.9. The molecule has 2 unspecified atom stereocenters. The van der Waals surface area contributed by atoms with Gasteiger partial charge in [-0.3, -0.25) is 19.6 Å². The van der Waals surface area contributed by atoms with Gasteiger partial charge in [-0.25, -0.2) is 8.42 Å². The highest BCUT2D eigenvalue weighted by molar-refractivity contribution is 7.88. The monoisotopic (exact) mass is 580 g/mol. The highest BCUT2D eigenvalue weighted by atomic mass is 32.2. The van der Waals surface area contributed by atoms with E-state index in [4.69, 9.17) is 5.73 Å². The van der Waals surface area contributed by atoms with Crippen molar-refractivity contribution in [2.75, 3.05) is 16.9 Å². The molecule has 212 valence electrons. The number of benzodiazepines with no additional fused rings is 2. The van der Waals surface area contributed by atoms with Gasteiger partial charge >= 0.3 is 0 Å². The summed E-state index contributed by atoms with van der Waals surface area (Å²) < 4.78 is 25.3. The van der Waals surface area contributed by atoms with Crippen molar-refractivity contribution in [3.63, 3.8) is 0 Å². The third-order valence-electron chi connectivity index (χ3n) is 6.34. The van der Waals surface area contributed by atoms with Gasteiger partial charge in [-0.2, -0.15) is 4.72 Å². The lowest BCUT2D eigenvalue weighted by atomic mass is 10.0. The molecule has 0 bridgehead atoms. The van der Waals surface area contributed by atoms with Crippen LogP contribution in [0.4, 0.5) is 11.4 Å². The summed E-state index contributed by atoms with van der Waals surface area (Å²) in [7, 11) is -3.58. The summed E-state index contributed by atoms with van der Waals surface area (Å²) in [4.78, 5) is 32.8. The number of hydrogen-bond acceptors (Lipinski definition) is 7. The van der Waals surface area contributed by atoms with Gasteiger partial charge < -0.3 is 16.4 Å². The first kappa shape index (κ1) is 28.6. The summed E-state index contributed by atoms with van der Waals surface area (Å²) in [5, 5.41) is 5.51. The molecular formula is C31H28N6O4S. The molecule has 2 heterocycles. The highest BCUT2D eigenvalue weighted by Crippen LogP contribution is 2.24. The summed E-state index contributed by atoms with van der Waals surface area (Å²) in [6.45, 7) is 0. The number of fused-ring (bicyclic) bond motifs is 2. The molecule has 11 heteroatoms. The Morgan fingerprint density at radius 1 is 0.643 bits per heavy atom. The van der Waals surface area contributed by atoms with Gasteiger partial charge in [-0.15, -0.1) is 0 Å². The van der Waals surface area contributed by atoms with Gasteiger partial charge in [0.25, 0.3) is 11.8 Å². The third kappa shape index (κ3) is 6.66. The maximum Gasteiger partial charge on any atom is 0.264 e. The number of nitrogens with two attached hydrogens (primary N) is 1. The standard InChI is InChI=1S/C16H15N3O3S.C15H13N3O/c1-23(21,22)19-15-16(20)17-13-10-6-5-9-12(13)14(18-15)11-7-3-2-4-8-11;16-14-15(19)17-12-9-5-4-8-11(12)13(18-14)10-6-2-1-3-7-10/h2-10,15,19H,1H3,(H,17,20);1-9,14H,16H2,(H,17,19). The van der Waals surface area contributed by atoms with E-state index in [1.165, 1.54) is 0 Å². The van der Waals surface area contributed by atoms with Gasteiger partial charge in [0.1, 0.15) is 0 Å². The van der Waals surface area contributed by atoms with Crippen molar-refractivity contribution in [2.24, 2.45) is 15.7 Å². The van der Waals surface area contributed by atoms with Crippen LogP contribution in [0.2, 0.25) is 0 Å². The number of carbonyl (C=O) groups is 2. The molecule has 0 saturated carbocycles. The van der Waals surface area contributed by atoms with E-state index in [0.717, 1.165) is 39.9 Å². The number of carbonyl (C=O) groups excluding carboxylic acids is 2. The molecule has 2 aliphatic heterocycles. The Balaban J connectivity index is 0.000000171. The number of aliphatic imine (C=N–C) groups is 2. The molecule has 2 aliphatic rings. The van der Waals surface area contributed by atoms with Crippen LogP contribution < -0.4 is 21.1 Å². The van der Waals surface area contributed by atoms with Gasteiger partial charge in [0.05, 0.1) is 29.1 Å². The Morgan fingerprint density at radius 3 is 1.57 bits per heavy atom. The summed E-state index contributed by atoms with van der Waals surface area (Å²) in [6, 6.07) is 33.9. The summed E-state index contributed by atoms with van der Waals surface area (Å²) in [6.07, 6.45) is -1.11. The van der Waals surface area contributed by atoms with Crippen molar-refractivity contribution in [1.82, 2.24) is 4.72 Å². The first-order valence-corrected chi connectivity index (χ1v) is 14.9. The van der Waals surface area contributed by atoms with E-state index >= 15 is 0 Å². The van der Waals surface area contributed by atoms with Crippen molar-refractivity contribution >= 4 is 44.6 Å². The lowest BCUT2D eigenvalue weighted by Crippen LogP contribution is -2.41. The van der Waals surface area contributed by atoms with Crippen molar-refractivity contribution < 1.29 is 18.0 Å². The predicted octanol–water partition coefficient (Wildman–Crippen LogP) is 3.11. The lowest BCUT2D eigenvalue weighted by Gasteiger charge is -2.11. The Hall–Kier alpha value is -4.97. The molecule has 5 N–H and O–H groups in total. The van der Waals surface area contributed by atoms with Gasteiger partial charge in [0.15, 0.2) is 12.3 Å².